The molecule has 2 rings (SSSR count). The highest BCUT2D eigenvalue weighted by molar-refractivity contribution is 5.95. The van der Waals surface area contributed by atoms with Crippen LogP contribution in [0, 0.1) is 5.92 Å². The molecule has 1 atom stereocenters. The van der Waals surface area contributed by atoms with Crippen LogP contribution in [-0.2, 0) is 6.42 Å². The molecule has 1 aliphatic rings. The fourth-order valence-corrected chi connectivity index (χ4v) is 2.56. The summed E-state index contributed by atoms with van der Waals surface area (Å²) in [7, 11) is 0. The Labute approximate surface area is 108 Å². The first-order valence-corrected chi connectivity index (χ1v) is 6.67. The normalized spacial score (nSPS) is 18.9. The quantitative estimate of drug-likeness (QED) is 0.894. The molecule has 1 aliphatic heterocycles. The van der Waals surface area contributed by atoms with Crippen molar-refractivity contribution in [1.29, 1.82) is 0 Å². The maximum absolute atomic E-state index is 12.3. The molecular weight excluding hydrogens is 230 g/mol. The molecule has 0 bridgehead atoms. The first-order chi connectivity index (χ1) is 8.63. The molecule has 1 saturated heterocycles. The van der Waals surface area contributed by atoms with Crippen molar-refractivity contribution in [2.24, 2.45) is 5.92 Å². The second-order valence-electron chi connectivity index (χ2n) is 4.98. The number of amides is 1. The number of piperidine rings is 1. The van der Waals surface area contributed by atoms with Gasteiger partial charge in [-0.25, -0.2) is 0 Å². The molecule has 0 saturated carbocycles. The Hall–Kier alpha value is -1.29. The van der Waals surface area contributed by atoms with Gasteiger partial charge in [0.15, 0.2) is 0 Å². The lowest BCUT2D eigenvalue weighted by atomic mass is 9.92. The molecule has 4 heteroatoms. The molecule has 0 aliphatic carbocycles. The number of carbonyl (C=O) groups is 1. The number of rotatable bonds is 3. The third kappa shape index (κ3) is 2.58. The lowest BCUT2D eigenvalue weighted by Gasteiger charge is -2.33. The van der Waals surface area contributed by atoms with Gasteiger partial charge < -0.3 is 14.4 Å². The number of hydrogen-bond acceptors (Lipinski definition) is 3. The van der Waals surface area contributed by atoms with Crippen molar-refractivity contribution in [3.63, 3.8) is 0 Å². The van der Waals surface area contributed by atoms with E-state index in [1.807, 2.05) is 18.7 Å². The van der Waals surface area contributed by atoms with Gasteiger partial charge in [0.1, 0.15) is 5.76 Å². The van der Waals surface area contributed by atoms with E-state index in [4.69, 9.17) is 4.42 Å². The van der Waals surface area contributed by atoms with Gasteiger partial charge in [0.2, 0.25) is 0 Å². The van der Waals surface area contributed by atoms with E-state index >= 15 is 0 Å². The fraction of sp³-hybridized carbons (Fsp3) is 0.643. The summed E-state index contributed by atoms with van der Waals surface area (Å²) >= 11 is 0. The number of aliphatic hydroxyl groups is 1. The topological polar surface area (TPSA) is 53.7 Å². The molecule has 1 amide bonds. The molecule has 1 fully saturated rings. The Kier molecular flexibility index (Phi) is 4.07. The Morgan fingerprint density at radius 2 is 2.22 bits per heavy atom. The van der Waals surface area contributed by atoms with Crippen LogP contribution in [0.4, 0.5) is 0 Å². The average molecular weight is 251 g/mol. The number of likely N-dealkylation sites (tertiary alicyclic amines) is 1. The van der Waals surface area contributed by atoms with Gasteiger partial charge in [-0.05, 0) is 31.7 Å². The Morgan fingerprint density at radius 3 is 2.78 bits per heavy atom. The Bertz CT molecular complexity index is 403. The van der Waals surface area contributed by atoms with E-state index in [1.165, 1.54) is 0 Å². The number of furan rings is 1. The molecule has 4 nitrogen and oxygen atoms in total. The van der Waals surface area contributed by atoms with Gasteiger partial charge in [0.05, 0.1) is 17.9 Å². The van der Waals surface area contributed by atoms with Gasteiger partial charge in [0, 0.05) is 19.5 Å². The van der Waals surface area contributed by atoms with Crippen molar-refractivity contribution < 1.29 is 14.3 Å². The van der Waals surface area contributed by atoms with Gasteiger partial charge in [-0.1, -0.05) is 6.92 Å². The molecule has 1 aromatic heterocycles. The van der Waals surface area contributed by atoms with Crippen LogP contribution < -0.4 is 0 Å². The van der Waals surface area contributed by atoms with E-state index in [-0.39, 0.29) is 12.0 Å². The van der Waals surface area contributed by atoms with E-state index in [9.17, 15) is 9.90 Å². The summed E-state index contributed by atoms with van der Waals surface area (Å²) < 4.78 is 5.30. The molecule has 1 N–H and O–H groups in total. The second-order valence-corrected chi connectivity index (χ2v) is 4.98. The summed E-state index contributed by atoms with van der Waals surface area (Å²) in [4.78, 5) is 14.2. The minimum Gasteiger partial charge on any atom is -0.469 e. The SMILES string of the molecule is CCc1occc1C(=O)N1CCC(C(C)O)CC1. The third-order valence-electron chi connectivity index (χ3n) is 3.81. The summed E-state index contributed by atoms with van der Waals surface area (Å²) in [5.74, 6) is 1.14. The van der Waals surface area contributed by atoms with Crippen LogP contribution in [0.1, 0.15) is 42.8 Å². The monoisotopic (exact) mass is 251 g/mol. The third-order valence-corrected chi connectivity index (χ3v) is 3.81. The van der Waals surface area contributed by atoms with Crippen LogP contribution in [0.2, 0.25) is 0 Å². The van der Waals surface area contributed by atoms with Gasteiger partial charge >= 0.3 is 0 Å². The zero-order valence-corrected chi connectivity index (χ0v) is 11.1. The van der Waals surface area contributed by atoms with E-state index in [1.54, 1.807) is 12.3 Å². The molecule has 0 radical (unpaired) electrons. The summed E-state index contributed by atoms with van der Waals surface area (Å²) in [6.45, 7) is 5.26. The predicted molar refractivity (Wildman–Crippen MR) is 68.4 cm³/mol. The van der Waals surface area contributed by atoms with Crippen molar-refractivity contribution in [2.45, 2.75) is 39.2 Å². The second kappa shape index (κ2) is 5.57. The lowest BCUT2D eigenvalue weighted by Crippen LogP contribution is -2.40. The maximum Gasteiger partial charge on any atom is 0.257 e. The number of carbonyl (C=O) groups excluding carboxylic acids is 1. The molecular formula is C14H21NO3. The first kappa shape index (κ1) is 13.1. The molecule has 0 aromatic carbocycles. The zero-order chi connectivity index (χ0) is 13.1. The van der Waals surface area contributed by atoms with E-state index in [2.05, 4.69) is 0 Å². The van der Waals surface area contributed by atoms with Crippen LogP contribution in [0.15, 0.2) is 16.7 Å². The molecule has 0 spiro atoms. The largest absolute Gasteiger partial charge is 0.469 e. The fourth-order valence-electron chi connectivity index (χ4n) is 2.56. The van der Waals surface area contributed by atoms with Gasteiger partial charge in [0.25, 0.3) is 5.91 Å². The van der Waals surface area contributed by atoms with Crippen LogP contribution in [0.3, 0.4) is 0 Å². The van der Waals surface area contributed by atoms with Crippen molar-refractivity contribution in [2.75, 3.05) is 13.1 Å². The number of aliphatic hydroxyl groups excluding tert-OH is 1. The van der Waals surface area contributed by atoms with E-state index in [0.717, 1.165) is 38.1 Å². The minimum absolute atomic E-state index is 0.0599. The Morgan fingerprint density at radius 1 is 1.56 bits per heavy atom. The number of nitrogens with zero attached hydrogens (tertiary/aromatic N) is 1. The van der Waals surface area contributed by atoms with E-state index < -0.39 is 0 Å². The minimum atomic E-state index is -0.276. The highest BCUT2D eigenvalue weighted by Gasteiger charge is 2.27. The summed E-state index contributed by atoms with van der Waals surface area (Å²) in [5.41, 5.74) is 0.688. The average Bonchev–Trinajstić information content (AvgIpc) is 2.86. The standard InChI is InChI=1S/C14H21NO3/c1-3-13-12(6-9-18-13)14(17)15-7-4-11(5-8-15)10(2)16/h6,9-11,16H,3-5,7-8H2,1-2H3. The molecule has 1 aromatic rings. The van der Waals surface area contributed by atoms with Crippen molar-refractivity contribution in [3.05, 3.63) is 23.7 Å². The maximum atomic E-state index is 12.3. The van der Waals surface area contributed by atoms with E-state index in [0.29, 0.717) is 11.5 Å². The highest BCUT2D eigenvalue weighted by atomic mass is 16.3. The molecule has 1 unspecified atom stereocenters. The highest BCUT2D eigenvalue weighted by Crippen LogP contribution is 2.23. The van der Waals surface area contributed by atoms with Gasteiger partial charge in [-0.2, -0.15) is 0 Å². The smallest absolute Gasteiger partial charge is 0.257 e. The molecule has 100 valence electrons. The van der Waals surface area contributed by atoms with Crippen LogP contribution in [0.5, 0.6) is 0 Å². The van der Waals surface area contributed by atoms with Gasteiger partial charge in [-0.3, -0.25) is 4.79 Å². The van der Waals surface area contributed by atoms with Crippen LogP contribution in [-0.4, -0.2) is 35.1 Å². The lowest BCUT2D eigenvalue weighted by molar-refractivity contribution is 0.0520. The first-order valence-electron chi connectivity index (χ1n) is 6.67. The van der Waals surface area contributed by atoms with Crippen molar-refractivity contribution in [1.82, 2.24) is 4.90 Å². The summed E-state index contributed by atoms with van der Waals surface area (Å²) in [5, 5.41) is 9.55. The summed E-state index contributed by atoms with van der Waals surface area (Å²) in [6, 6.07) is 1.75. The van der Waals surface area contributed by atoms with Crippen LogP contribution in [0.25, 0.3) is 0 Å². The zero-order valence-electron chi connectivity index (χ0n) is 11.1. The summed E-state index contributed by atoms with van der Waals surface area (Å²) in [6.07, 6.45) is 3.79. The van der Waals surface area contributed by atoms with Crippen molar-refractivity contribution >= 4 is 5.91 Å². The van der Waals surface area contributed by atoms with Gasteiger partial charge in [-0.15, -0.1) is 0 Å². The number of aryl methyl sites for hydroxylation is 1. The van der Waals surface area contributed by atoms with Crippen molar-refractivity contribution in [3.8, 4) is 0 Å². The predicted octanol–water partition coefficient (Wildman–Crippen LogP) is 2.08. The molecule has 18 heavy (non-hydrogen) atoms. The van der Waals surface area contributed by atoms with Crippen LogP contribution >= 0.6 is 0 Å². The Balaban J connectivity index is 2.00. The number of hydrogen-bond donors (Lipinski definition) is 1. The molecule has 2 heterocycles.